The van der Waals surface area contributed by atoms with Crippen molar-refractivity contribution >= 4 is 27.5 Å². The lowest BCUT2D eigenvalue weighted by Crippen LogP contribution is -2.41. The van der Waals surface area contributed by atoms with Gasteiger partial charge in [0.25, 0.3) is 0 Å². The van der Waals surface area contributed by atoms with E-state index in [1.165, 1.54) is 0 Å². The molecule has 1 fully saturated rings. The van der Waals surface area contributed by atoms with Crippen molar-refractivity contribution < 1.29 is 14.3 Å². The van der Waals surface area contributed by atoms with Crippen LogP contribution in [0.5, 0.6) is 5.75 Å². The minimum absolute atomic E-state index is 0.00776. The smallest absolute Gasteiger partial charge is 0.239 e. The summed E-state index contributed by atoms with van der Waals surface area (Å²) >= 11 is 3.44. The van der Waals surface area contributed by atoms with Gasteiger partial charge in [0, 0.05) is 29.8 Å². The molecule has 1 aliphatic rings. The van der Waals surface area contributed by atoms with Crippen LogP contribution in [0, 0.1) is 0 Å². The maximum Gasteiger partial charge on any atom is 0.239 e. The monoisotopic (exact) mass is 342 g/mol. The Balaban J connectivity index is 1.83. The summed E-state index contributed by atoms with van der Waals surface area (Å²) in [6.07, 6.45) is 1.77. The second-order valence-electron chi connectivity index (χ2n) is 4.65. The number of amides is 1. The van der Waals surface area contributed by atoms with Crippen LogP contribution in [0.1, 0.15) is 12.8 Å². The molecule has 6 heteroatoms. The van der Waals surface area contributed by atoms with Crippen molar-refractivity contribution in [2.45, 2.75) is 18.9 Å². The van der Waals surface area contributed by atoms with E-state index < -0.39 is 0 Å². The Morgan fingerprint density at radius 1 is 1.45 bits per heavy atom. The molecule has 0 saturated carbocycles. The third-order valence-electron chi connectivity index (χ3n) is 3.20. The zero-order chi connectivity index (χ0) is 14.4. The number of ether oxygens (including phenoxy) is 2. The van der Waals surface area contributed by atoms with Crippen molar-refractivity contribution in [2.24, 2.45) is 0 Å². The van der Waals surface area contributed by atoms with Crippen molar-refractivity contribution in [3.63, 3.8) is 0 Å². The molecule has 1 saturated heterocycles. The first-order valence-corrected chi connectivity index (χ1v) is 7.43. The number of halogens is 1. The standard InChI is InChI=1S/C14H19BrN2O3/c1-19-11-2-3-12(15)13(8-11)16-9-14(18)17-10-4-6-20-7-5-10/h2-3,8,10,16H,4-7,9H2,1H3,(H,17,18). The lowest BCUT2D eigenvalue weighted by Gasteiger charge is -2.23. The van der Waals surface area contributed by atoms with Crippen molar-refractivity contribution in [1.29, 1.82) is 0 Å². The fraction of sp³-hybridized carbons (Fsp3) is 0.500. The van der Waals surface area contributed by atoms with Crippen LogP contribution in [0.2, 0.25) is 0 Å². The molecule has 1 aromatic carbocycles. The van der Waals surface area contributed by atoms with Crippen molar-refractivity contribution in [1.82, 2.24) is 5.32 Å². The topological polar surface area (TPSA) is 59.6 Å². The third kappa shape index (κ3) is 4.38. The molecule has 20 heavy (non-hydrogen) atoms. The van der Waals surface area contributed by atoms with E-state index in [2.05, 4.69) is 26.6 Å². The highest BCUT2D eigenvalue weighted by Crippen LogP contribution is 2.26. The first kappa shape index (κ1) is 15.1. The van der Waals surface area contributed by atoms with Gasteiger partial charge in [-0.25, -0.2) is 0 Å². The van der Waals surface area contributed by atoms with Crippen molar-refractivity contribution in [2.75, 3.05) is 32.2 Å². The molecule has 1 aliphatic heterocycles. The molecule has 2 N–H and O–H groups in total. The van der Waals surface area contributed by atoms with Crippen LogP contribution in [0.4, 0.5) is 5.69 Å². The summed E-state index contributed by atoms with van der Waals surface area (Å²) in [7, 11) is 1.62. The number of anilines is 1. The molecule has 0 unspecified atom stereocenters. The van der Waals surface area contributed by atoms with Gasteiger partial charge >= 0.3 is 0 Å². The van der Waals surface area contributed by atoms with Crippen LogP contribution >= 0.6 is 15.9 Å². The van der Waals surface area contributed by atoms with Gasteiger partial charge in [0.2, 0.25) is 5.91 Å². The van der Waals surface area contributed by atoms with Crippen LogP contribution in [0.3, 0.4) is 0 Å². The second-order valence-corrected chi connectivity index (χ2v) is 5.51. The Hall–Kier alpha value is -1.27. The van der Waals surface area contributed by atoms with E-state index in [9.17, 15) is 4.79 Å². The number of rotatable bonds is 5. The first-order chi connectivity index (χ1) is 9.69. The highest BCUT2D eigenvalue weighted by atomic mass is 79.9. The van der Waals surface area contributed by atoms with Gasteiger partial charge in [-0.2, -0.15) is 0 Å². The van der Waals surface area contributed by atoms with Gasteiger partial charge in [-0.05, 0) is 40.9 Å². The molecule has 0 radical (unpaired) electrons. The predicted octanol–water partition coefficient (Wildman–Crippen LogP) is 2.16. The Morgan fingerprint density at radius 3 is 2.90 bits per heavy atom. The molecule has 110 valence electrons. The van der Waals surface area contributed by atoms with E-state index in [4.69, 9.17) is 9.47 Å². The van der Waals surface area contributed by atoms with Crippen LogP contribution in [-0.4, -0.2) is 38.8 Å². The van der Waals surface area contributed by atoms with E-state index in [0.29, 0.717) is 0 Å². The van der Waals surface area contributed by atoms with Crippen LogP contribution in [0.15, 0.2) is 22.7 Å². The van der Waals surface area contributed by atoms with Gasteiger partial charge in [-0.15, -0.1) is 0 Å². The SMILES string of the molecule is COc1ccc(Br)c(NCC(=O)NC2CCOCC2)c1. The highest BCUT2D eigenvalue weighted by molar-refractivity contribution is 9.10. The molecule has 5 nitrogen and oxygen atoms in total. The summed E-state index contributed by atoms with van der Waals surface area (Å²) in [6, 6.07) is 5.83. The third-order valence-corrected chi connectivity index (χ3v) is 3.89. The van der Waals surface area contributed by atoms with E-state index in [0.717, 1.165) is 42.0 Å². The molecule has 0 atom stereocenters. The van der Waals surface area contributed by atoms with E-state index >= 15 is 0 Å². The van der Waals surface area contributed by atoms with E-state index in [1.54, 1.807) is 7.11 Å². The Kier molecular flexibility index (Phi) is 5.67. The molecule has 1 heterocycles. The molecule has 1 amide bonds. The van der Waals surface area contributed by atoms with Crippen LogP contribution < -0.4 is 15.4 Å². The summed E-state index contributed by atoms with van der Waals surface area (Å²) in [6.45, 7) is 1.68. The van der Waals surface area contributed by atoms with Gasteiger partial charge in [0.05, 0.1) is 19.3 Å². The average molecular weight is 343 g/mol. The second kappa shape index (κ2) is 7.50. The molecule has 2 rings (SSSR count). The fourth-order valence-electron chi connectivity index (χ4n) is 2.06. The van der Waals surface area contributed by atoms with Crippen LogP contribution in [0.25, 0.3) is 0 Å². The maximum absolute atomic E-state index is 11.9. The van der Waals surface area contributed by atoms with Crippen LogP contribution in [-0.2, 0) is 9.53 Å². The fourth-order valence-corrected chi connectivity index (χ4v) is 2.45. The maximum atomic E-state index is 11.9. The molecule has 0 aromatic heterocycles. The Bertz CT molecular complexity index is 462. The number of nitrogens with one attached hydrogen (secondary N) is 2. The van der Waals surface area contributed by atoms with Gasteiger partial charge < -0.3 is 20.1 Å². The quantitative estimate of drug-likeness (QED) is 0.860. The summed E-state index contributed by atoms with van der Waals surface area (Å²) in [5.41, 5.74) is 0.839. The van der Waals surface area contributed by atoms with Crippen molar-refractivity contribution in [3.8, 4) is 5.75 Å². The molecule has 0 spiro atoms. The normalized spacial score (nSPS) is 15.7. The number of benzene rings is 1. The molecule has 1 aromatic rings. The lowest BCUT2D eigenvalue weighted by atomic mass is 10.1. The number of carbonyl (C=O) groups excluding carboxylic acids is 1. The minimum Gasteiger partial charge on any atom is -0.497 e. The summed E-state index contributed by atoms with van der Waals surface area (Å²) in [5.74, 6) is 0.743. The summed E-state index contributed by atoms with van der Waals surface area (Å²) in [4.78, 5) is 11.9. The summed E-state index contributed by atoms with van der Waals surface area (Å²) in [5, 5.41) is 6.12. The largest absolute Gasteiger partial charge is 0.497 e. The number of hydrogen-bond donors (Lipinski definition) is 2. The Labute approximate surface area is 127 Å². The highest BCUT2D eigenvalue weighted by Gasteiger charge is 2.15. The lowest BCUT2D eigenvalue weighted by molar-refractivity contribution is -0.120. The van der Waals surface area contributed by atoms with Gasteiger partial charge in [0.15, 0.2) is 0 Å². The number of methoxy groups -OCH3 is 1. The summed E-state index contributed by atoms with van der Waals surface area (Å²) < 4.78 is 11.3. The first-order valence-electron chi connectivity index (χ1n) is 6.63. The molecular formula is C14H19BrN2O3. The zero-order valence-corrected chi connectivity index (χ0v) is 13.0. The van der Waals surface area contributed by atoms with Gasteiger partial charge in [0.1, 0.15) is 5.75 Å². The van der Waals surface area contributed by atoms with E-state index in [1.807, 2.05) is 18.2 Å². The van der Waals surface area contributed by atoms with Crippen molar-refractivity contribution in [3.05, 3.63) is 22.7 Å². The predicted molar refractivity (Wildman–Crippen MR) is 81.2 cm³/mol. The molecule has 0 aliphatic carbocycles. The number of carbonyl (C=O) groups is 1. The van der Waals surface area contributed by atoms with Gasteiger partial charge in [-0.3, -0.25) is 4.79 Å². The Morgan fingerprint density at radius 2 is 2.20 bits per heavy atom. The van der Waals surface area contributed by atoms with E-state index in [-0.39, 0.29) is 18.5 Å². The van der Waals surface area contributed by atoms with Gasteiger partial charge in [-0.1, -0.05) is 0 Å². The molecule has 0 bridgehead atoms. The number of hydrogen-bond acceptors (Lipinski definition) is 4. The average Bonchev–Trinajstić information content (AvgIpc) is 2.47. The minimum atomic E-state index is -0.00776. The zero-order valence-electron chi connectivity index (χ0n) is 11.4. The molecular weight excluding hydrogens is 324 g/mol.